The highest BCUT2D eigenvalue weighted by molar-refractivity contribution is 6.32. The second-order valence-electron chi connectivity index (χ2n) is 7.40. The van der Waals surface area contributed by atoms with Gasteiger partial charge in [0.05, 0.1) is 5.92 Å². The van der Waals surface area contributed by atoms with E-state index in [4.69, 9.17) is 12.6 Å². The van der Waals surface area contributed by atoms with Gasteiger partial charge >= 0.3 is 12.1 Å². The molecule has 1 aromatic carbocycles. The molecule has 1 amide bonds. The second kappa shape index (κ2) is 7.46. The maximum Gasteiger partial charge on any atom is 0.410 e. The average Bonchev–Trinajstić information content (AvgIpc) is 2.49. The molecule has 0 spiro atoms. The molecule has 0 aliphatic carbocycles. The molecule has 0 saturated carbocycles. The van der Waals surface area contributed by atoms with Crippen LogP contribution >= 0.6 is 0 Å². The summed E-state index contributed by atoms with van der Waals surface area (Å²) in [4.78, 5) is 25.4. The maximum atomic E-state index is 13.7. The van der Waals surface area contributed by atoms with E-state index in [-0.39, 0.29) is 11.4 Å². The largest absolute Gasteiger partial charge is 0.481 e. The summed E-state index contributed by atoms with van der Waals surface area (Å²) in [6, 6.07) is 4.13. The number of carboxylic acid groups (broad SMARTS) is 1. The van der Waals surface area contributed by atoms with Crippen molar-refractivity contribution in [2.75, 3.05) is 13.1 Å². The van der Waals surface area contributed by atoms with Crippen LogP contribution in [0, 0.1) is 11.7 Å². The van der Waals surface area contributed by atoms with Crippen LogP contribution in [0.15, 0.2) is 18.2 Å². The lowest BCUT2D eigenvalue weighted by molar-refractivity contribution is -0.140. The molecular formula is C18H23BFNO4. The summed E-state index contributed by atoms with van der Waals surface area (Å²) in [6.45, 7) is 6.23. The number of hydrogen-bond acceptors (Lipinski definition) is 3. The molecule has 5 nitrogen and oxygen atoms in total. The van der Waals surface area contributed by atoms with Gasteiger partial charge in [-0.05, 0) is 51.2 Å². The summed E-state index contributed by atoms with van der Waals surface area (Å²) >= 11 is 0. The van der Waals surface area contributed by atoms with E-state index in [1.165, 1.54) is 12.1 Å². The Bertz CT molecular complexity index is 651. The number of rotatable bonds is 3. The minimum Gasteiger partial charge on any atom is -0.481 e. The molecule has 0 aromatic heterocycles. The standard InChI is InChI=1S/C18H23BFNO4/c1-18(2,3)25-17(24)21-8-6-11(7-9-21)15(16(22)23)12-4-5-13(19)14(20)10-12/h4-5,10-11,15H,6-9H2,1-3H3,(H,22,23). The van der Waals surface area contributed by atoms with E-state index in [9.17, 15) is 19.1 Å². The molecule has 0 bridgehead atoms. The van der Waals surface area contributed by atoms with Crippen molar-refractivity contribution < 1.29 is 23.8 Å². The third-order valence-corrected chi connectivity index (χ3v) is 4.31. The first-order valence-corrected chi connectivity index (χ1v) is 8.34. The summed E-state index contributed by atoms with van der Waals surface area (Å²) in [7, 11) is 5.46. The molecule has 7 heteroatoms. The SMILES string of the molecule is [B]c1ccc(C(C(=O)O)C2CCN(C(=O)OC(C)(C)C)CC2)cc1F. The summed E-state index contributed by atoms with van der Waals surface area (Å²) in [5.74, 6) is -2.62. The van der Waals surface area contributed by atoms with Crippen molar-refractivity contribution >= 4 is 25.4 Å². The molecule has 1 saturated heterocycles. The van der Waals surface area contributed by atoms with E-state index in [0.717, 1.165) is 0 Å². The van der Waals surface area contributed by atoms with Crippen LogP contribution < -0.4 is 5.46 Å². The molecule has 2 rings (SSSR count). The van der Waals surface area contributed by atoms with Crippen molar-refractivity contribution in [2.24, 2.45) is 5.92 Å². The molecule has 1 N–H and O–H groups in total. The fraction of sp³-hybridized carbons (Fsp3) is 0.556. The molecular weight excluding hydrogens is 324 g/mol. The van der Waals surface area contributed by atoms with Gasteiger partial charge in [0.2, 0.25) is 0 Å². The highest BCUT2D eigenvalue weighted by atomic mass is 19.1. The molecule has 1 aliphatic rings. The zero-order valence-electron chi connectivity index (χ0n) is 14.8. The fourth-order valence-corrected chi connectivity index (χ4v) is 3.10. The number of carbonyl (C=O) groups excluding carboxylic acids is 1. The Balaban J connectivity index is 2.07. The first-order valence-electron chi connectivity index (χ1n) is 8.34. The normalized spacial score (nSPS) is 17.2. The third kappa shape index (κ3) is 4.97. The molecule has 1 atom stereocenters. The molecule has 2 radical (unpaired) electrons. The number of aliphatic carboxylic acids is 1. The number of piperidine rings is 1. The highest BCUT2D eigenvalue weighted by Gasteiger charge is 2.35. The molecule has 1 heterocycles. The van der Waals surface area contributed by atoms with Crippen LogP contribution in [0.4, 0.5) is 9.18 Å². The van der Waals surface area contributed by atoms with E-state index >= 15 is 0 Å². The molecule has 1 aliphatic heterocycles. The Hall–Kier alpha value is -2.05. The van der Waals surface area contributed by atoms with Gasteiger partial charge in [0.25, 0.3) is 0 Å². The van der Waals surface area contributed by atoms with Gasteiger partial charge in [-0.2, -0.15) is 0 Å². The lowest BCUT2D eigenvalue weighted by atomic mass is 9.79. The Morgan fingerprint density at radius 1 is 1.32 bits per heavy atom. The number of amides is 1. The number of carboxylic acids is 1. The average molecular weight is 347 g/mol. The number of hydrogen-bond donors (Lipinski definition) is 1. The van der Waals surface area contributed by atoms with Gasteiger partial charge in [0, 0.05) is 13.1 Å². The minimum absolute atomic E-state index is 0.00682. The predicted molar refractivity (Wildman–Crippen MR) is 92.7 cm³/mol. The van der Waals surface area contributed by atoms with Gasteiger partial charge in [-0.15, -0.1) is 0 Å². The lowest BCUT2D eigenvalue weighted by Gasteiger charge is -2.35. The van der Waals surface area contributed by atoms with Crippen molar-refractivity contribution in [1.29, 1.82) is 0 Å². The van der Waals surface area contributed by atoms with Gasteiger partial charge in [0.15, 0.2) is 0 Å². The van der Waals surface area contributed by atoms with Crippen LogP contribution in [0.25, 0.3) is 0 Å². The quantitative estimate of drug-likeness (QED) is 0.853. The topological polar surface area (TPSA) is 66.8 Å². The predicted octanol–water partition coefficient (Wildman–Crippen LogP) is 2.43. The first-order chi connectivity index (χ1) is 11.6. The smallest absolute Gasteiger partial charge is 0.410 e. The zero-order chi connectivity index (χ0) is 18.8. The van der Waals surface area contributed by atoms with Crippen LogP contribution in [0.5, 0.6) is 0 Å². The van der Waals surface area contributed by atoms with Crippen LogP contribution in [0.2, 0.25) is 0 Å². The second-order valence-corrected chi connectivity index (χ2v) is 7.40. The molecule has 1 aromatic rings. The van der Waals surface area contributed by atoms with Gasteiger partial charge < -0.3 is 14.7 Å². The third-order valence-electron chi connectivity index (χ3n) is 4.31. The van der Waals surface area contributed by atoms with Crippen molar-refractivity contribution in [3.8, 4) is 0 Å². The lowest BCUT2D eigenvalue weighted by Crippen LogP contribution is -2.43. The van der Waals surface area contributed by atoms with Crippen LogP contribution in [0.3, 0.4) is 0 Å². The number of ether oxygens (including phenoxy) is 1. The van der Waals surface area contributed by atoms with Crippen LogP contribution in [-0.4, -0.2) is 48.6 Å². The summed E-state index contributed by atoms with van der Waals surface area (Å²) < 4.78 is 19.0. The minimum atomic E-state index is -1.00. The van der Waals surface area contributed by atoms with E-state index in [0.29, 0.717) is 31.5 Å². The zero-order valence-corrected chi connectivity index (χ0v) is 14.8. The number of halogens is 1. The van der Waals surface area contributed by atoms with Crippen LogP contribution in [0.1, 0.15) is 45.1 Å². The highest BCUT2D eigenvalue weighted by Crippen LogP contribution is 2.33. The Morgan fingerprint density at radius 3 is 2.40 bits per heavy atom. The fourth-order valence-electron chi connectivity index (χ4n) is 3.10. The maximum absolute atomic E-state index is 13.7. The van der Waals surface area contributed by atoms with Gasteiger partial charge in [-0.1, -0.05) is 17.6 Å². The summed E-state index contributed by atoms with van der Waals surface area (Å²) in [6.07, 6.45) is 0.640. The number of carbonyl (C=O) groups is 2. The molecule has 1 fully saturated rings. The van der Waals surface area contributed by atoms with E-state index in [1.807, 2.05) is 0 Å². The van der Waals surface area contributed by atoms with E-state index in [2.05, 4.69) is 0 Å². The van der Waals surface area contributed by atoms with Crippen molar-refractivity contribution in [3.05, 3.63) is 29.6 Å². The Labute approximate surface area is 148 Å². The molecule has 1 unspecified atom stereocenters. The first kappa shape index (κ1) is 19.3. The van der Waals surface area contributed by atoms with Gasteiger partial charge in [0.1, 0.15) is 19.3 Å². The summed E-state index contributed by atoms with van der Waals surface area (Å²) in [5.41, 5.74) is -0.179. The molecule has 134 valence electrons. The summed E-state index contributed by atoms with van der Waals surface area (Å²) in [5, 5.41) is 9.61. The Morgan fingerprint density at radius 2 is 1.92 bits per heavy atom. The molecule has 25 heavy (non-hydrogen) atoms. The van der Waals surface area contributed by atoms with Gasteiger partial charge in [-0.3, -0.25) is 4.79 Å². The van der Waals surface area contributed by atoms with E-state index < -0.39 is 29.4 Å². The Kier molecular flexibility index (Phi) is 5.75. The number of likely N-dealkylation sites (tertiary alicyclic amines) is 1. The van der Waals surface area contributed by atoms with Crippen molar-refractivity contribution in [3.63, 3.8) is 0 Å². The van der Waals surface area contributed by atoms with Crippen molar-refractivity contribution in [2.45, 2.75) is 45.1 Å². The monoisotopic (exact) mass is 347 g/mol. The van der Waals surface area contributed by atoms with Crippen LogP contribution in [-0.2, 0) is 9.53 Å². The number of benzene rings is 1. The van der Waals surface area contributed by atoms with Crippen molar-refractivity contribution in [1.82, 2.24) is 4.90 Å². The van der Waals surface area contributed by atoms with Gasteiger partial charge in [-0.25, -0.2) is 9.18 Å². The van der Waals surface area contributed by atoms with E-state index in [1.54, 1.807) is 31.7 Å². The number of nitrogens with zero attached hydrogens (tertiary/aromatic N) is 1.